The number of ether oxygens (including phenoxy) is 2. The van der Waals surface area contributed by atoms with Gasteiger partial charge in [-0.2, -0.15) is 0 Å². The van der Waals surface area contributed by atoms with Crippen LogP contribution in [0.5, 0.6) is 0 Å². The smallest absolute Gasteiger partial charge is 0.407 e. The second-order valence-electron chi connectivity index (χ2n) is 8.70. The summed E-state index contributed by atoms with van der Waals surface area (Å²) in [5.74, 6) is -0.261. The van der Waals surface area contributed by atoms with Gasteiger partial charge in [-0.3, -0.25) is 4.79 Å². The topological polar surface area (TPSA) is 64.6 Å². The minimum atomic E-state index is -0.751. The summed E-state index contributed by atoms with van der Waals surface area (Å²) in [6.07, 6.45) is 0.489. The highest BCUT2D eigenvalue weighted by Crippen LogP contribution is 2.29. The Balaban J connectivity index is 2.06. The van der Waals surface area contributed by atoms with Crippen LogP contribution in [-0.4, -0.2) is 30.8 Å². The van der Waals surface area contributed by atoms with Crippen molar-refractivity contribution in [2.75, 3.05) is 13.2 Å². The molecule has 0 radical (unpaired) electrons. The molecule has 1 atom stereocenters. The van der Waals surface area contributed by atoms with Crippen molar-refractivity contribution in [3.8, 4) is 11.1 Å². The number of hydrogen-bond acceptors (Lipinski definition) is 4. The highest BCUT2D eigenvalue weighted by Gasteiger charge is 2.35. The van der Waals surface area contributed by atoms with Gasteiger partial charge < -0.3 is 14.8 Å². The lowest BCUT2D eigenvalue weighted by Crippen LogP contribution is -2.38. The van der Waals surface area contributed by atoms with Gasteiger partial charge in [-0.25, -0.2) is 4.79 Å². The van der Waals surface area contributed by atoms with E-state index in [2.05, 4.69) is 29.6 Å². The quantitative estimate of drug-likeness (QED) is 0.592. The van der Waals surface area contributed by atoms with Gasteiger partial charge in [0.2, 0.25) is 0 Å². The number of rotatable bonds is 8. The summed E-state index contributed by atoms with van der Waals surface area (Å²) in [4.78, 5) is 24.6. The van der Waals surface area contributed by atoms with E-state index in [1.165, 1.54) is 0 Å². The van der Waals surface area contributed by atoms with Crippen molar-refractivity contribution in [1.82, 2.24) is 5.32 Å². The largest absolute Gasteiger partial charge is 0.466 e. The first-order valence-corrected chi connectivity index (χ1v) is 10.4. The average Bonchev–Trinajstić information content (AvgIpc) is 2.68. The Kier molecular flexibility index (Phi) is 8.04. The van der Waals surface area contributed by atoms with Crippen LogP contribution in [-0.2, 0) is 20.7 Å². The maximum Gasteiger partial charge on any atom is 0.407 e. The van der Waals surface area contributed by atoms with E-state index >= 15 is 0 Å². The molecule has 0 saturated carbocycles. The summed E-state index contributed by atoms with van der Waals surface area (Å²) in [5, 5.41) is 2.74. The number of hydrogen-bond donors (Lipinski definition) is 1. The molecule has 1 amide bonds. The van der Waals surface area contributed by atoms with Crippen molar-refractivity contribution in [2.24, 2.45) is 5.41 Å². The van der Waals surface area contributed by atoms with Crippen LogP contribution in [0.25, 0.3) is 11.1 Å². The molecule has 0 bridgehead atoms. The van der Waals surface area contributed by atoms with E-state index in [1.807, 2.05) is 58.0 Å². The summed E-state index contributed by atoms with van der Waals surface area (Å²) >= 11 is 0. The van der Waals surface area contributed by atoms with Gasteiger partial charge in [-0.1, -0.05) is 54.6 Å². The predicted octanol–water partition coefficient (Wildman–Crippen LogP) is 5.38. The van der Waals surface area contributed by atoms with Crippen LogP contribution in [0.4, 0.5) is 4.79 Å². The fourth-order valence-electron chi connectivity index (χ4n) is 3.22. The molecule has 0 heterocycles. The van der Waals surface area contributed by atoms with Crippen LogP contribution >= 0.6 is 0 Å². The van der Waals surface area contributed by atoms with Crippen molar-refractivity contribution >= 4 is 12.1 Å². The standard InChI is InChI=1S/C25H33NO4/c1-6-29-22(27)25(5,16-17-26-23(28)30-24(2,3)4)18-19-12-14-21(15-13-19)20-10-8-7-9-11-20/h7-15H,6,16-18H2,1-5H3,(H,26,28)/t25-/m0/s1. The number of benzene rings is 2. The molecule has 2 aromatic carbocycles. The molecular weight excluding hydrogens is 378 g/mol. The molecule has 5 heteroatoms. The maximum absolute atomic E-state index is 12.7. The molecule has 0 aliphatic heterocycles. The first kappa shape index (κ1) is 23.5. The van der Waals surface area contributed by atoms with Crippen molar-refractivity contribution < 1.29 is 19.1 Å². The highest BCUT2D eigenvalue weighted by atomic mass is 16.6. The Labute approximate surface area is 179 Å². The Morgan fingerprint density at radius 3 is 2.07 bits per heavy atom. The summed E-state index contributed by atoms with van der Waals surface area (Å²) in [7, 11) is 0. The minimum Gasteiger partial charge on any atom is -0.466 e. The summed E-state index contributed by atoms with van der Waals surface area (Å²) in [5.41, 5.74) is 2.01. The average molecular weight is 412 g/mol. The Hall–Kier alpha value is -2.82. The van der Waals surface area contributed by atoms with Gasteiger partial charge in [-0.15, -0.1) is 0 Å². The maximum atomic E-state index is 12.7. The summed E-state index contributed by atoms with van der Waals surface area (Å²) in [6, 6.07) is 18.4. The second kappa shape index (κ2) is 10.3. The molecule has 0 aliphatic carbocycles. The molecule has 162 valence electrons. The number of carbonyl (C=O) groups is 2. The highest BCUT2D eigenvalue weighted by molar-refractivity contribution is 5.77. The Bertz CT molecular complexity index is 824. The van der Waals surface area contributed by atoms with Crippen LogP contribution in [0.3, 0.4) is 0 Å². The third-order valence-electron chi connectivity index (χ3n) is 4.77. The minimum absolute atomic E-state index is 0.261. The predicted molar refractivity (Wildman–Crippen MR) is 119 cm³/mol. The van der Waals surface area contributed by atoms with Crippen molar-refractivity contribution in [1.29, 1.82) is 0 Å². The van der Waals surface area contributed by atoms with Crippen LogP contribution < -0.4 is 5.32 Å². The molecule has 0 spiro atoms. The number of esters is 1. The number of nitrogens with one attached hydrogen (secondary N) is 1. The fourth-order valence-corrected chi connectivity index (χ4v) is 3.22. The lowest BCUT2D eigenvalue weighted by atomic mass is 9.80. The number of alkyl carbamates (subject to hydrolysis) is 1. The fraction of sp³-hybridized carbons (Fsp3) is 0.440. The Morgan fingerprint density at radius 1 is 0.900 bits per heavy atom. The molecule has 1 N–H and O–H groups in total. The molecular formula is C25H33NO4. The lowest BCUT2D eigenvalue weighted by molar-refractivity contribution is -0.154. The van der Waals surface area contributed by atoms with E-state index in [0.717, 1.165) is 16.7 Å². The first-order chi connectivity index (χ1) is 14.1. The normalized spacial score (nSPS) is 13.2. The van der Waals surface area contributed by atoms with Gasteiger partial charge in [0.05, 0.1) is 12.0 Å². The number of amides is 1. The summed E-state index contributed by atoms with van der Waals surface area (Å²) < 4.78 is 10.6. The molecule has 0 unspecified atom stereocenters. The molecule has 0 aliphatic rings. The van der Waals surface area contributed by atoms with Crippen LogP contribution in [0.1, 0.15) is 46.6 Å². The van der Waals surface area contributed by atoms with Gasteiger partial charge in [0, 0.05) is 6.54 Å². The zero-order valence-corrected chi connectivity index (χ0v) is 18.7. The van der Waals surface area contributed by atoms with E-state index in [4.69, 9.17) is 9.47 Å². The van der Waals surface area contributed by atoms with Gasteiger partial charge in [0.1, 0.15) is 5.60 Å². The third kappa shape index (κ3) is 7.21. The van der Waals surface area contributed by atoms with E-state index in [0.29, 0.717) is 26.0 Å². The molecule has 0 saturated heterocycles. The molecule has 0 aromatic heterocycles. The summed E-state index contributed by atoms with van der Waals surface area (Å²) in [6.45, 7) is 9.77. The number of carbonyl (C=O) groups excluding carboxylic acids is 2. The van der Waals surface area contributed by atoms with Crippen LogP contribution in [0.15, 0.2) is 54.6 Å². The van der Waals surface area contributed by atoms with Gasteiger partial charge in [0.25, 0.3) is 0 Å². The second-order valence-corrected chi connectivity index (χ2v) is 8.70. The van der Waals surface area contributed by atoms with Crippen molar-refractivity contribution in [3.05, 3.63) is 60.2 Å². The molecule has 5 nitrogen and oxygen atoms in total. The van der Waals surface area contributed by atoms with Crippen LogP contribution in [0.2, 0.25) is 0 Å². The van der Waals surface area contributed by atoms with Crippen molar-refractivity contribution in [2.45, 2.75) is 53.1 Å². The van der Waals surface area contributed by atoms with E-state index < -0.39 is 17.1 Å². The van der Waals surface area contributed by atoms with E-state index in [9.17, 15) is 9.59 Å². The lowest BCUT2D eigenvalue weighted by Gasteiger charge is -2.28. The third-order valence-corrected chi connectivity index (χ3v) is 4.77. The zero-order valence-electron chi connectivity index (χ0n) is 18.7. The zero-order chi connectivity index (χ0) is 22.2. The van der Waals surface area contributed by atoms with E-state index in [-0.39, 0.29) is 5.97 Å². The Morgan fingerprint density at radius 2 is 1.50 bits per heavy atom. The van der Waals surface area contributed by atoms with Gasteiger partial charge in [-0.05, 0) is 64.2 Å². The SMILES string of the molecule is CCOC(=O)[C@@](C)(CCNC(=O)OC(C)(C)C)Cc1ccc(-c2ccccc2)cc1. The van der Waals surface area contributed by atoms with E-state index in [1.54, 1.807) is 6.92 Å². The molecule has 2 aromatic rings. The van der Waals surface area contributed by atoms with Crippen LogP contribution in [0, 0.1) is 5.41 Å². The first-order valence-electron chi connectivity index (χ1n) is 10.4. The van der Waals surface area contributed by atoms with Crippen molar-refractivity contribution in [3.63, 3.8) is 0 Å². The molecule has 0 fully saturated rings. The molecule has 30 heavy (non-hydrogen) atoms. The van der Waals surface area contributed by atoms with Gasteiger partial charge >= 0.3 is 12.1 Å². The van der Waals surface area contributed by atoms with Gasteiger partial charge in [0.15, 0.2) is 0 Å². The molecule has 2 rings (SSSR count). The monoisotopic (exact) mass is 411 g/mol.